The van der Waals surface area contributed by atoms with Gasteiger partial charge in [0, 0.05) is 25.8 Å². The van der Waals surface area contributed by atoms with Crippen molar-refractivity contribution < 1.29 is 18.0 Å². The number of amides is 2. The van der Waals surface area contributed by atoms with Crippen molar-refractivity contribution in [1.29, 1.82) is 0 Å². The summed E-state index contributed by atoms with van der Waals surface area (Å²) in [5, 5.41) is 5.46. The van der Waals surface area contributed by atoms with E-state index in [0.717, 1.165) is 4.31 Å². The lowest BCUT2D eigenvalue weighted by molar-refractivity contribution is -0.125. The monoisotopic (exact) mass is 384 g/mol. The second kappa shape index (κ2) is 9.11. The molecule has 0 aromatic heterocycles. The molecule has 0 saturated carbocycles. The van der Waals surface area contributed by atoms with Gasteiger partial charge in [-0.15, -0.1) is 0 Å². The molecule has 26 heavy (non-hydrogen) atoms. The minimum absolute atomic E-state index is 0.0291. The summed E-state index contributed by atoms with van der Waals surface area (Å²) in [5.74, 6) is -0.495. The summed E-state index contributed by atoms with van der Waals surface area (Å²) in [5.41, 5.74) is 0.379. The molecular formula is C17H28N4O4S. The van der Waals surface area contributed by atoms with E-state index in [1.165, 1.54) is 26.2 Å². The van der Waals surface area contributed by atoms with Gasteiger partial charge in [-0.3, -0.25) is 14.5 Å². The SMILES string of the molecule is CC(C)NC(=O)CN(C)[C@H](C)C(=O)Nc1cccc(S(=O)(=O)N(C)C)c1. The summed E-state index contributed by atoms with van der Waals surface area (Å²) in [4.78, 5) is 25.9. The zero-order valence-electron chi connectivity index (χ0n) is 16.1. The van der Waals surface area contributed by atoms with Crippen molar-refractivity contribution in [3.05, 3.63) is 24.3 Å². The average molecular weight is 385 g/mol. The van der Waals surface area contributed by atoms with Crippen molar-refractivity contribution >= 4 is 27.5 Å². The van der Waals surface area contributed by atoms with Crippen molar-refractivity contribution in [3.63, 3.8) is 0 Å². The molecule has 1 atom stereocenters. The maximum atomic E-state index is 12.4. The third-order valence-corrected chi connectivity index (χ3v) is 5.57. The summed E-state index contributed by atoms with van der Waals surface area (Å²) in [7, 11) is 0.986. The highest BCUT2D eigenvalue weighted by Gasteiger charge is 2.22. The number of nitrogens with zero attached hydrogens (tertiary/aromatic N) is 2. The molecule has 0 heterocycles. The molecule has 0 unspecified atom stereocenters. The average Bonchev–Trinajstić information content (AvgIpc) is 2.53. The Balaban J connectivity index is 2.80. The van der Waals surface area contributed by atoms with Gasteiger partial charge in [0.25, 0.3) is 0 Å². The van der Waals surface area contributed by atoms with Gasteiger partial charge < -0.3 is 10.6 Å². The van der Waals surface area contributed by atoms with Crippen LogP contribution in [0.1, 0.15) is 20.8 Å². The molecule has 2 N–H and O–H groups in total. The number of sulfonamides is 1. The van der Waals surface area contributed by atoms with Crippen LogP contribution in [0.15, 0.2) is 29.2 Å². The molecule has 146 valence electrons. The number of hydrogen-bond donors (Lipinski definition) is 2. The molecule has 0 aliphatic carbocycles. The second-order valence-corrected chi connectivity index (χ2v) is 8.77. The topological polar surface area (TPSA) is 98.8 Å². The van der Waals surface area contributed by atoms with Crippen LogP contribution in [0.5, 0.6) is 0 Å². The van der Waals surface area contributed by atoms with Crippen LogP contribution in [0.4, 0.5) is 5.69 Å². The van der Waals surface area contributed by atoms with Crippen LogP contribution in [0.25, 0.3) is 0 Å². The summed E-state index contributed by atoms with van der Waals surface area (Å²) in [6.45, 7) is 5.49. The molecule has 1 rings (SSSR count). The Hall–Kier alpha value is -1.97. The lowest BCUT2D eigenvalue weighted by atomic mass is 10.2. The molecule has 2 amide bonds. The normalized spacial score (nSPS) is 13.1. The van der Waals surface area contributed by atoms with E-state index in [2.05, 4.69) is 10.6 Å². The van der Waals surface area contributed by atoms with E-state index in [-0.39, 0.29) is 29.3 Å². The Bertz CT molecular complexity index is 747. The van der Waals surface area contributed by atoms with Gasteiger partial charge in [0.1, 0.15) is 0 Å². The van der Waals surface area contributed by atoms with E-state index in [1.54, 1.807) is 31.0 Å². The van der Waals surface area contributed by atoms with Gasteiger partial charge in [0.05, 0.1) is 17.5 Å². The Labute approximate surface area is 155 Å². The molecular weight excluding hydrogens is 356 g/mol. The van der Waals surface area contributed by atoms with Gasteiger partial charge in [-0.2, -0.15) is 0 Å². The second-order valence-electron chi connectivity index (χ2n) is 6.62. The lowest BCUT2D eigenvalue weighted by Gasteiger charge is -2.24. The third kappa shape index (κ3) is 6.08. The Morgan fingerprint density at radius 1 is 1.12 bits per heavy atom. The van der Waals surface area contributed by atoms with Crippen molar-refractivity contribution in [3.8, 4) is 0 Å². The first kappa shape index (κ1) is 22.1. The van der Waals surface area contributed by atoms with Crippen LogP contribution in [0.3, 0.4) is 0 Å². The van der Waals surface area contributed by atoms with Gasteiger partial charge in [0.15, 0.2) is 0 Å². The van der Waals surface area contributed by atoms with Gasteiger partial charge in [-0.25, -0.2) is 12.7 Å². The first-order chi connectivity index (χ1) is 11.9. The fourth-order valence-corrected chi connectivity index (χ4v) is 3.07. The highest BCUT2D eigenvalue weighted by Crippen LogP contribution is 2.18. The van der Waals surface area contributed by atoms with E-state index in [1.807, 2.05) is 13.8 Å². The number of likely N-dealkylation sites (N-methyl/N-ethyl adjacent to an activating group) is 1. The molecule has 0 bridgehead atoms. The Kier molecular flexibility index (Phi) is 7.73. The number of nitrogens with one attached hydrogen (secondary N) is 2. The van der Waals surface area contributed by atoms with Crippen molar-refractivity contribution in [2.24, 2.45) is 0 Å². The van der Waals surface area contributed by atoms with E-state index in [0.29, 0.717) is 5.69 Å². The maximum Gasteiger partial charge on any atom is 0.242 e. The zero-order valence-corrected chi connectivity index (χ0v) is 16.9. The predicted octanol–water partition coefficient (Wildman–Crippen LogP) is 0.720. The number of rotatable bonds is 8. The van der Waals surface area contributed by atoms with E-state index < -0.39 is 16.1 Å². The predicted molar refractivity (Wildman–Crippen MR) is 101 cm³/mol. The quantitative estimate of drug-likeness (QED) is 0.688. The van der Waals surface area contributed by atoms with Crippen molar-refractivity contribution in [1.82, 2.24) is 14.5 Å². The fourth-order valence-electron chi connectivity index (χ4n) is 2.12. The number of carbonyl (C=O) groups is 2. The zero-order chi connectivity index (χ0) is 20.1. The Morgan fingerprint density at radius 2 is 1.73 bits per heavy atom. The van der Waals surface area contributed by atoms with E-state index >= 15 is 0 Å². The number of carbonyl (C=O) groups excluding carboxylic acids is 2. The minimum Gasteiger partial charge on any atom is -0.353 e. The van der Waals surface area contributed by atoms with Gasteiger partial charge in [-0.1, -0.05) is 6.07 Å². The molecule has 0 spiro atoms. The van der Waals surface area contributed by atoms with Crippen LogP contribution in [-0.2, 0) is 19.6 Å². The Morgan fingerprint density at radius 3 is 2.27 bits per heavy atom. The molecule has 8 nitrogen and oxygen atoms in total. The molecule has 9 heteroatoms. The minimum atomic E-state index is -3.58. The van der Waals surface area contributed by atoms with Crippen LogP contribution >= 0.6 is 0 Å². The van der Waals surface area contributed by atoms with Crippen molar-refractivity contribution in [2.45, 2.75) is 37.8 Å². The highest BCUT2D eigenvalue weighted by atomic mass is 32.2. The number of anilines is 1. The molecule has 1 aromatic carbocycles. The van der Waals surface area contributed by atoms with Crippen LogP contribution in [0.2, 0.25) is 0 Å². The van der Waals surface area contributed by atoms with E-state index in [9.17, 15) is 18.0 Å². The third-order valence-electron chi connectivity index (χ3n) is 3.76. The smallest absolute Gasteiger partial charge is 0.242 e. The first-order valence-electron chi connectivity index (χ1n) is 8.28. The van der Waals surface area contributed by atoms with Crippen molar-refractivity contribution in [2.75, 3.05) is 33.0 Å². The molecule has 1 aromatic rings. The number of benzene rings is 1. The van der Waals surface area contributed by atoms with Crippen LogP contribution in [-0.4, -0.2) is 69.2 Å². The summed E-state index contributed by atoms with van der Waals surface area (Å²) in [6.07, 6.45) is 0. The summed E-state index contributed by atoms with van der Waals surface area (Å²) in [6, 6.07) is 5.52. The molecule has 0 fully saturated rings. The van der Waals surface area contributed by atoms with Gasteiger partial charge >= 0.3 is 0 Å². The van der Waals surface area contributed by atoms with E-state index in [4.69, 9.17) is 0 Å². The lowest BCUT2D eigenvalue weighted by Crippen LogP contribution is -2.46. The first-order valence-corrected chi connectivity index (χ1v) is 9.72. The standard InChI is InChI=1S/C17H28N4O4S/c1-12(2)18-16(22)11-21(6)13(3)17(23)19-14-8-7-9-15(10-14)26(24,25)20(4)5/h7-10,12-13H,11H2,1-6H3,(H,18,22)(H,19,23)/t13-/m1/s1. The molecule has 0 aliphatic heterocycles. The van der Waals surface area contributed by atoms with Crippen LogP contribution < -0.4 is 10.6 Å². The van der Waals surface area contributed by atoms with Crippen LogP contribution in [0, 0.1) is 0 Å². The fraction of sp³-hybridized carbons (Fsp3) is 0.529. The molecule has 0 saturated heterocycles. The molecule has 0 radical (unpaired) electrons. The highest BCUT2D eigenvalue weighted by molar-refractivity contribution is 7.89. The summed E-state index contributed by atoms with van der Waals surface area (Å²) < 4.78 is 25.5. The maximum absolute atomic E-state index is 12.4. The molecule has 0 aliphatic rings. The number of hydrogen-bond acceptors (Lipinski definition) is 5. The largest absolute Gasteiger partial charge is 0.353 e. The summed E-state index contributed by atoms with van der Waals surface area (Å²) >= 11 is 0. The van der Waals surface area contributed by atoms with Gasteiger partial charge in [-0.05, 0) is 46.0 Å². The van der Waals surface area contributed by atoms with Gasteiger partial charge in [0.2, 0.25) is 21.8 Å².